The molecule has 0 aliphatic heterocycles. The Morgan fingerprint density at radius 2 is 2.07 bits per heavy atom. The summed E-state index contributed by atoms with van der Waals surface area (Å²) in [5.41, 5.74) is 0.937. The van der Waals surface area contributed by atoms with Crippen LogP contribution in [0.4, 0.5) is 0 Å². The summed E-state index contributed by atoms with van der Waals surface area (Å²) < 4.78 is 7.48. The molecule has 30 heavy (non-hydrogen) atoms. The summed E-state index contributed by atoms with van der Waals surface area (Å²) >= 11 is 1.40. The lowest BCUT2D eigenvalue weighted by Crippen LogP contribution is -2.40. The number of amides is 1. The van der Waals surface area contributed by atoms with Gasteiger partial charge in [0.2, 0.25) is 11.7 Å². The molecule has 2 aliphatic rings. The van der Waals surface area contributed by atoms with Crippen LogP contribution in [0.1, 0.15) is 32.6 Å². The Labute approximate surface area is 180 Å². The Kier molecular flexibility index (Phi) is 5.37. The summed E-state index contributed by atoms with van der Waals surface area (Å²) in [6, 6.07) is 13.8. The lowest BCUT2D eigenvalue weighted by molar-refractivity contribution is -0.119. The number of furan rings is 1. The normalized spacial score (nSPS) is 23.6. The van der Waals surface area contributed by atoms with E-state index >= 15 is 0 Å². The number of hydrogen-bond donors (Lipinski definition) is 1. The number of fused-ring (bicyclic) bond motifs is 2. The quantitative estimate of drug-likeness (QED) is 0.565. The van der Waals surface area contributed by atoms with Crippen LogP contribution in [0.5, 0.6) is 0 Å². The second kappa shape index (κ2) is 8.30. The Balaban J connectivity index is 1.28. The van der Waals surface area contributed by atoms with Crippen LogP contribution < -0.4 is 5.32 Å². The molecular formula is C23H26N4O2S. The molecule has 2 aromatic heterocycles. The highest BCUT2D eigenvalue weighted by molar-refractivity contribution is 7.99. The number of nitrogens with zero attached hydrogens (tertiary/aromatic N) is 3. The van der Waals surface area contributed by atoms with Crippen LogP contribution in [0, 0.1) is 17.8 Å². The van der Waals surface area contributed by atoms with Gasteiger partial charge in [-0.05, 0) is 68.2 Å². The first-order valence-electron chi connectivity index (χ1n) is 10.7. The minimum atomic E-state index is 0.0532. The lowest BCUT2D eigenvalue weighted by Gasteiger charge is -2.28. The Bertz CT molecular complexity index is 1000. The average molecular weight is 423 g/mol. The molecule has 4 atom stereocenters. The van der Waals surface area contributed by atoms with E-state index in [2.05, 4.69) is 22.4 Å². The Morgan fingerprint density at radius 1 is 1.20 bits per heavy atom. The minimum Gasteiger partial charge on any atom is -0.461 e. The molecule has 3 aromatic rings. The lowest BCUT2D eigenvalue weighted by atomic mass is 9.84. The topological polar surface area (TPSA) is 73.0 Å². The van der Waals surface area contributed by atoms with E-state index in [1.165, 1.54) is 37.4 Å². The first-order chi connectivity index (χ1) is 14.7. The average Bonchev–Trinajstić information content (AvgIpc) is 3.56. The molecule has 2 heterocycles. The molecule has 7 heteroatoms. The van der Waals surface area contributed by atoms with E-state index in [4.69, 9.17) is 4.42 Å². The molecule has 1 aromatic carbocycles. The molecule has 2 bridgehead atoms. The molecule has 0 radical (unpaired) electrons. The number of benzene rings is 1. The van der Waals surface area contributed by atoms with Crippen LogP contribution in [0.25, 0.3) is 17.3 Å². The van der Waals surface area contributed by atoms with Crippen molar-refractivity contribution in [2.24, 2.45) is 17.8 Å². The van der Waals surface area contributed by atoms with Crippen LogP contribution in [0.3, 0.4) is 0 Å². The van der Waals surface area contributed by atoms with Crippen molar-refractivity contribution in [3.8, 4) is 17.3 Å². The Hall–Kier alpha value is -2.54. The van der Waals surface area contributed by atoms with Crippen molar-refractivity contribution in [2.75, 3.05) is 5.75 Å². The second-order valence-electron chi connectivity index (χ2n) is 8.44. The predicted octanol–water partition coefficient (Wildman–Crippen LogP) is 4.56. The highest BCUT2D eigenvalue weighted by Gasteiger charge is 2.42. The maximum Gasteiger partial charge on any atom is 0.230 e. The third-order valence-corrected chi connectivity index (χ3v) is 7.47. The van der Waals surface area contributed by atoms with Gasteiger partial charge in [0.05, 0.1) is 12.0 Å². The maximum absolute atomic E-state index is 12.7. The molecule has 2 fully saturated rings. The van der Waals surface area contributed by atoms with Crippen molar-refractivity contribution in [3.05, 3.63) is 48.7 Å². The molecule has 1 N–H and O–H groups in total. The number of carbonyl (C=O) groups is 1. The summed E-state index contributed by atoms with van der Waals surface area (Å²) in [4.78, 5) is 12.7. The number of nitrogens with one attached hydrogen (secondary N) is 1. The van der Waals surface area contributed by atoms with Gasteiger partial charge in [0.15, 0.2) is 10.9 Å². The van der Waals surface area contributed by atoms with Crippen LogP contribution in [0.15, 0.2) is 58.3 Å². The molecular weight excluding hydrogens is 396 g/mol. The number of para-hydroxylation sites is 1. The molecule has 0 spiro atoms. The van der Waals surface area contributed by atoms with E-state index < -0.39 is 0 Å². The summed E-state index contributed by atoms with van der Waals surface area (Å²) in [5.74, 6) is 3.97. The van der Waals surface area contributed by atoms with Gasteiger partial charge in [-0.3, -0.25) is 9.36 Å². The number of hydrogen-bond acceptors (Lipinski definition) is 5. The fourth-order valence-corrected chi connectivity index (χ4v) is 5.94. The maximum atomic E-state index is 12.7. The van der Waals surface area contributed by atoms with E-state index in [1.54, 1.807) is 6.26 Å². The third-order valence-electron chi connectivity index (χ3n) is 6.55. The summed E-state index contributed by atoms with van der Waals surface area (Å²) in [7, 11) is 0. The zero-order valence-electron chi connectivity index (χ0n) is 17.0. The predicted molar refractivity (Wildman–Crippen MR) is 116 cm³/mol. The van der Waals surface area contributed by atoms with Gasteiger partial charge in [0.1, 0.15) is 0 Å². The fourth-order valence-electron chi connectivity index (χ4n) is 5.18. The first kappa shape index (κ1) is 19.4. The first-order valence-corrected chi connectivity index (χ1v) is 11.6. The number of carbonyl (C=O) groups excluding carboxylic acids is 1. The van der Waals surface area contributed by atoms with Crippen molar-refractivity contribution < 1.29 is 9.21 Å². The van der Waals surface area contributed by atoms with Gasteiger partial charge < -0.3 is 9.73 Å². The van der Waals surface area contributed by atoms with Gasteiger partial charge in [-0.25, -0.2) is 0 Å². The minimum absolute atomic E-state index is 0.0532. The van der Waals surface area contributed by atoms with Gasteiger partial charge in [0, 0.05) is 11.7 Å². The van der Waals surface area contributed by atoms with Crippen LogP contribution in [-0.2, 0) is 4.79 Å². The number of rotatable bonds is 7. The van der Waals surface area contributed by atoms with Gasteiger partial charge in [0.25, 0.3) is 0 Å². The molecule has 0 unspecified atom stereocenters. The zero-order chi connectivity index (χ0) is 20.5. The van der Waals surface area contributed by atoms with Crippen LogP contribution in [-0.4, -0.2) is 32.5 Å². The zero-order valence-corrected chi connectivity index (χ0v) is 17.8. The van der Waals surface area contributed by atoms with Crippen molar-refractivity contribution in [3.63, 3.8) is 0 Å². The Morgan fingerprint density at radius 3 is 2.77 bits per heavy atom. The summed E-state index contributed by atoms with van der Waals surface area (Å²) in [6.45, 7) is 2.16. The smallest absolute Gasteiger partial charge is 0.230 e. The number of thioether (sulfide) groups is 1. The van der Waals surface area contributed by atoms with Gasteiger partial charge in [-0.15, -0.1) is 10.2 Å². The highest BCUT2D eigenvalue weighted by atomic mass is 32.2. The van der Waals surface area contributed by atoms with Gasteiger partial charge >= 0.3 is 0 Å². The van der Waals surface area contributed by atoms with E-state index in [0.29, 0.717) is 28.4 Å². The van der Waals surface area contributed by atoms with E-state index in [1.807, 2.05) is 47.0 Å². The molecule has 5 rings (SSSR count). The van der Waals surface area contributed by atoms with E-state index in [0.717, 1.165) is 17.5 Å². The largest absolute Gasteiger partial charge is 0.461 e. The van der Waals surface area contributed by atoms with Crippen molar-refractivity contribution in [1.82, 2.24) is 20.1 Å². The van der Waals surface area contributed by atoms with Crippen LogP contribution in [0.2, 0.25) is 0 Å². The van der Waals surface area contributed by atoms with Crippen LogP contribution >= 0.6 is 11.8 Å². The number of aromatic nitrogens is 3. The molecule has 2 aliphatic carbocycles. The molecule has 0 saturated heterocycles. The molecule has 2 saturated carbocycles. The SMILES string of the molecule is C[C@@H](NC(=O)CSc1nnc(-c2ccco2)n1-c1ccccc1)[C@@H]1C[C@H]2CC[C@H]1C2. The summed E-state index contributed by atoms with van der Waals surface area (Å²) in [6.07, 6.45) is 6.96. The van der Waals surface area contributed by atoms with E-state index in [9.17, 15) is 4.79 Å². The fraction of sp³-hybridized carbons (Fsp3) is 0.435. The van der Waals surface area contributed by atoms with Gasteiger partial charge in [-0.2, -0.15) is 0 Å². The van der Waals surface area contributed by atoms with Gasteiger partial charge in [-0.1, -0.05) is 36.4 Å². The monoisotopic (exact) mass is 422 g/mol. The molecule has 1 amide bonds. The molecule has 6 nitrogen and oxygen atoms in total. The molecule has 156 valence electrons. The van der Waals surface area contributed by atoms with Crippen molar-refractivity contribution in [1.29, 1.82) is 0 Å². The summed E-state index contributed by atoms with van der Waals surface area (Å²) in [5, 5.41) is 12.6. The van der Waals surface area contributed by atoms with Crippen molar-refractivity contribution in [2.45, 2.75) is 43.8 Å². The standard InChI is InChI=1S/C23H26N4O2S/c1-15(19-13-16-9-10-17(19)12-16)24-21(28)14-30-23-26-25-22(20-8-5-11-29-20)27(23)18-6-3-2-4-7-18/h2-8,11,15-17,19H,9-10,12-14H2,1H3,(H,24,28)/t15-,16+,17+,19+/m1/s1. The van der Waals surface area contributed by atoms with Crippen molar-refractivity contribution >= 4 is 17.7 Å². The van der Waals surface area contributed by atoms with E-state index in [-0.39, 0.29) is 11.9 Å². The highest BCUT2D eigenvalue weighted by Crippen LogP contribution is 2.49. The second-order valence-corrected chi connectivity index (χ2v) is 9.38. The third kappa shape index (κ3) is 3.78.